The number of rotatable bonds is 1. The number of ether oxygens (including phenoxy) is 1. The Hall–Kier alpha value is -1.45. The van der Waals surface area contributed by atoms with E-state index >= 15 is 0 Å². The van der Waals surface area contributed by atoms with E-state index in [1.165, 1.54) is 18.3 Å². The largest absolute Gasteiger partial charge is 0.424 e. The number of fused-ring (bicyclic) bond motifs is 3. The third-order valence-electron chi connectivity index (χ3n) is 2.76. The number of hydrogen-bond acceptors (Lipinski definition) is 5. The zero-order chi connectivity index (χ0) is 15.3. The van der Waals surface area contributed by atoms with Crippen molar-refractivity contribution in [2.24, 2.45) is 0 Å². The Morgan fingerprint density at radius 2 is 2.00 bits per heavy atom. The second kappa shape index (κ2) is 5.08. The second-order valence-corrected chi connectivity index (χ2v) is 6.85. The Kier molecular flexibility index (Phi) is 3.50. The van der Waals surface area contributed by atoms with Crippen molar-refractivity contribution in [1.82, 2.24) is 9.97 Å². The maximum atomic E-state index is 12.0. The third-order valence-corrected chi connectivity index (χ3v) is 5.51. The van der Waals surface area contributed by atoms with Crippen molar-refractivity contribution in [2.45, 2.75) is 6.92 Å². The number of carbonyl (C=O) groups excluding carboxylic acids is 1. The minimum absolute atomic E-state index is 0.334. The maximum Gasteiger partial charge on any atom is 0.326 e. The number of benzene rings is 1. The van der Waals surface area contributed by atoms with Crippen LogP contribution in [0.15, 0.2) is 24.6 Å². The van der Waals surface area contributed by atoms with Crippen molar-refractivity contribution < 1.29 is 9.53 Å². The Labute approximate surface area is 137 Å². The van der Waals surface area contributed by atoms with Gasteiger partial charge in [-0.25, -0.2) is 4.79 Å². The van der Waals surface area contributed by atoms with Crippen molar-refractivity contribution in [3.05, 3.63) is 35.8 Å². The van der Waals surface area contributed by atoms with E-state index in [1.54, 1.807) is 6.07 Å². The summed E-state index contributed by atoms with van der Waals surface area (Å²) in [4.78, 5) is 39.7. The number of carbonyl (C=O) groups is 1. The summed E-state index contributed by atoms with van der Waals surface area (Å²) in [5, 5.41) is 1.05. The molecule has 0 aliphatic carbocycles. The molecule has 9 heteroatoms. The van der Waals surface area contributed by atoms with Gasteiger partial charge in [-0.15, -0.1) is 11.3 Å². The van der Waals surface area contributed by atoms with E-state index < -0.39 is 17.2 Å². The Morgan fingerprint density at radius 1 is 1.29 bits per heavy atom. The summed E-state index contributed by atoms with van der Waals surface area (Å²) >= 11 is 7.93. The molecule has 0 aliphatic heterocycles. The smallest absolute Gasteiger partial charge is 0.326 e. The van der Waals surface area contributed by atoms with E-state index in [0.29, 0.717) is 35.0 Å². The molecule has 0 amide bonds. The van der Waals surface area contributed by atoms with Crippen molar-refractivity contribution in [3.8, 4) is 5.75 Å². The standard InChI is InChI=1S/C12H6Br2N2O4S/c1-3(17)20-8-5(13)2-4-6-10(18)15-12(19)16-11(6)21-9(4)7(8)14/h2H,1H3,(H2,15,16,18,19). The number of esters is 1. The molecule has 0 radical (unpaired) electrons. The topological polar surface area (TPSA) is 92.0 Å². The minimum Gasteiger partial charge on any atom is -0.424 e. The number of H-pyrrole nitrogens is 2. The van der Waals surface area contributed by atoms with Crippen LogP contribution in [0.3, 0.4) is 0 Å². The van der Waals surface area contributed by atoms with E-state index in [-0.39, 0.29) is 0 Å². The normalized spacial score (nSPS) is 11.2. The molecule has 3 rings (SSSR count). The van der Waals surface area contributed by atoms with Crippen molar-refractivity contribution in [1.29, 1.82) is 0 Å². The zero-order valence-electron chi connectivity index (χ0n) is 10.4. The molecular weight excluding hydrogens is 428 g/mol. The highest BCUT2D eigenvalue weighted by atomic mass is 79.9. The van der Waals surface area contributed by atoms with Crippen molar-refractivity contribution in [3.63, 3.8) is 0 Å². The van der Waals surface area contributed by atoms with E-state index in [9.17, 15) is 14.4 Å². The minimum atomic E-state index is -0.561. The molecule has 0 aliphatic rings. The monoisotopic (exact) mass is 432 g/mol. The van der Waals surface area contributed by atoms with Gasteiger partial charge in [-0.05, 0) is 37.9 Å². The molecule has 0 spiro atoms. The van der Waals surface area contributed by atoms with Gasteiger partial charge in [0.2, 0.25) is 0 Å². The first-order chi connectivity index (χ1) is 9.88. The van der Waals surface area contributed by atoms with E-state index in [0.717, 1.165) is 0 Å². The fourth-order valence-corrected chi connectivity index (χ4v) is 4.63. The highest BCUT2D eigenvalue weighted by Crippen LogP contribution is 2.44. The summed E-state index contributed by atoms with van der Waals surface area (Å²) < 4.78 is 6.93. The van der Waals surface area contributed by atoms with Gasteiger partial charge in [0.1, 0.15) is 4.83 Å². The first kappa shape index (κ1) is 14.5. The molecule has 1 aromatic carbocycles. The van der Waals surface area contributed by atoms with Gasteiger partial charge in [0, 0.05) is 12.3 Å². The third kappa shape index (κ3) is 2.34. The summed E-state index contributed by atoms with van der Waals surface area (Å²) in [5.74, 6) is -0.122. The number of aromatic amines is 2. The summed E-state index contributed by atoms with van der Waals surface area (Å²) in [5.41, 5.74) is -1.02. The molecule has 2 aromatic heterocycles. The fourth-order valence-electron chi connectivity index (χ4n) is 2.00. The highest BCUT2D eigenvalue weighted by Gasteiger charge is 2.19. The van der Waals surface area contributed by atoms with Crippen LogP contribution in [0.25, 0.3) is 20.3 Å². The van der Waals surface area contributed by atoms with Gasteiger partial charge in [-0.1, -0.05) is 0 Å². The van der Waals surface area contributed by atoms with E-state index in [4.69, 9.17) is 4.74 Å². The summed E-state index contributed by atoms with van der Waals surface area (Å²) in [6, 6.07) is 1.69. The van der Waals surface area contributed by atoms with E-state index in [1.807, 2.05) is 0 Å². The number of nitrogens with one attached hydrogen (secondary N) is 2. The van der Waals surface area contributed by atoms with Crippen LogP contribution in [0.1, 0.15) is 6.92 Å². The molecule has 0 saturated carbocycles. The van der Waals surface area contributed by atoms with Crippen molar-refractivity contribution >= 4 is 69.5 Å². The van der Waals surface area contributed by atoms with Crippen LogP contribution >= 0.6 is 43.2 Å². The molecule has 2 heterocycles. The summed E-state index contributed by atoms with van der Waals surface area (Å²) in [6.45, 7) is 1.30. The van der Waals surface area contributed by atoms with Crippen molar-refractivity contribution in [2.75, 3.05) is 0 Å². The van der Waals surface area contributed by atoms with Crippen LogP contribution in [0.2, 0.25) is 0 Å². The Bertz CT molecular complexity index is 1020. The molecule has 0 unspecified atom stereocenters. The lowest BCUT2D eigenvalue weighted by molar-refractivity contribution is -0.131. The van der Waals surface area contributed by atoms with Gasteiger partial charge in [0.05, 0.1) is 19.0 Å². The molecule has 0 atom stereocenters. The predicted molar refractivity (Wildman–Crippen MR) is 87.3 cm³/mol. The lowest BCUT2D eigenvalue weighted by Gasteiger charge is -2.07. The quantitative estimate of drug-likeness (QED) is 0.456. The molecule has 21 heavy (non-hydrogen) atoms. The maximum absolute atomic E-state index is 12.0. The lowest BCUT2D eigenvalue weighted by atomic mass is 10.2. The number of hydrogen-bond donors (Lipinski definition) is 2. The van der Waals surface area contributed by atoms with E-state index in [2.05, 4.69) is 41.8 Å². The molecule has 0 saturated heterocycles. The molecular formula is C12H6Br2N2O4S. The van der Waals surface area contributed by atoms with Gasteiger partial charge in [-0.3, -0.25) is 19.6 Å². The molecule has 0 fully saturated rings. The SMILES string of the molecule is CC(=O)Oc1c(Br)cc2c(sc3[nH]c(=O)[nH]c(=O)c32)c1Br. The zero-order valence-corrected chi connectivity index (χ0v) is 14.4. The van der Waals surface area contributed by atoms with Crippen LogP contribution in [0.5, 0.6) is 5.75 Å². The highest BCUT2D eigenvalue weighted by molar-refractivity contribution is 9.11. The van der Waals surface area contributed by atoms with Gasteiger partial charge in [0.25, 0.3) is 5.56 Å². The lowest BCUT2D eigenvalue weighted by Crippen LogP contribution is -2.20. The molecule has 108 valence electrons. The summed E-state index contributed by atoms with van der Waals surface area (Å²) in [7, 11) is 0. The average molecular weight is 434 g/mol. The van der Waals surface area contributed by atoms with Gasteiger partial charge >= 0.3 is 11.7 Å². The first-order valence-electron chi connectivity index (χ1n) is 5.63. The van der Waals surface area contributed by atoms with Crippen LogP contribution in [0.4, 0.5) is 0 Å². The number of aromatic nitrogens is 2. The van der Waals surface area contributed by atoms with Crippen LogP contribution in [-0.2, 0) is 4.79 Å². The first-order valence-corrected chi connectivity index (χ1v) is 8.04. The molecule has 2 N–H and O–H groups in total. The number of thiophene rings is 1. The van der Waals surface area contributed by atoms with Crippen LogP contribution < -0.4 is 16.0 Å². The Morgan fingerprint density at radius 3 is 2.67 bits per heavy atom. The van der Waals surface area contributed by atoms with Crippen LogP contribution in [0, 0.1) is 0 Å². The summed E-state index contributed by atoms with van der Waals surface area (Å²) in [6.07, 6.45) is 0. The molecule has 3 aromatic rings. The number of halogens is 2. The van der Waals surface area contributed by atoms with Crippen LogP contribution in [-0.4, -0.2) is 15.9 Å². The Balaban J connectivity index is 2.48. The fraction of sp³-hybridized carbons (Fsp3) is 0.0833. The van der Waals surface area contributed by atoms with Gasteiger partial charge < -0.3 is 4.74 Å². The van der Waals surface area contributed by atoms with Gasteiger partial charge in [-0.2, -0.15) is 0 Å². The molecule has 6 nitrogen and oxygen atoms in total. The average Bonchev–Trinajstić information content (AvgIpc) is 2.72. The van der Waals surface area contributed by atoms with Gasteiger partial charge in [0.15, 0.2) is 5.75 Å². The second-order valence-electron chi connectivity index (χ2n) is 4.19. The predicted octanol–water partition coefficient (Wildman–Crippen LogP) is 2.88. The molecule has 0 bridgehead atoms.